The molecule has 9 nitrogen and oxygen atoms in total. The number of quaternary nitrogens is 1. The molecule has 0 aliphatic rings. The molecule has 10 heteroatoms. The summed E-state index contributed by atoms with van der Waals surface area (Å²) >= 11 is 0. The number of benzene rings is 1. The first kappa shape index (κ1) is 22.7. The van der Waals surface area contributed by atoms with Gasteiger partial charge < -0.3 is 32.5 Å². The van der Waals surface area contributed by atoms with Crippen LogP contribution in [0.5, 0.6) is 5.75 Å². The molecule has 0 spiro atoms. The molecule has 2 unspecified atom stereocenters. The Morgan fingerprint density at radius 1 is 1.21 bits per heavy atom. The monoisotopic (exact) mass is 423 g/mol. The first-order valence-corrected chi connectivity index (χ1v) is 9.20. The van der Waals surface area contributed by atoms with Crippen LogP contribution in [0.25, 0.3) is 11.2 Å². The molecule has 2 atom stereocenters. The highest BCUT2D eigenvalue weighted by atomic mass is 35.5. The molecule has 0 aliphatic carbocycles. The average molecular weight is 424 g/mol. The van der Waals surface area contributed by atoms with Crippen molar-refractivity contribution in [2.75, 3.05) is 6.54 Å². The third-order valence-corrected chi connectivity index (χ3v) is 5.06. The van der Waals surface area contributed by atoms with Crippen molar-refractivity contribution in [3.05, 3.63) is 57.0 Å². The second-order valence-electron chi connectivity index (χ2n) is 7.16. The number of phenolic OH excluding ortho intramolecular Hbond substituents is 1. The molecule has 2 aromatic heterocycles. The van der Waals surface area contributed by atoms with E-state index < -0.39 is 11.8 Å². The molecule has 3 aromatic rings. The summed E-state index contributed by atoms with van der Waals surface area (Å²) in [6, 6.07) is 6.80. The van der Waals surface area contributed by atoms with Gasteiger partial charge in [0.15, 0.2) is 11.2 Å². The summed E-state index contributed by atoms with van der Waals surface area (Å²) in [5.41, 5.74) is 0.714. The van der Waals surface area contributed by atoms with Crippen LogP contribution in [0, 0.1) is 0 Å². The molecule has 3 rings (SSSR count). The summed E-state index contributed by atoms with van der Waals surface area (Å²) in [6.45, 7) is 3.08. The van der Waals surface area contributed by atoms with Crippen LogP contribution in [0.2, 0.25) is 0 Å². The SMILES string of the molecule is CC(CCn1cnc2c1c(=O)n(C)c(=O)n2C)[NH2+]CC(O)c1cccc(O)c1.[Cl-]. The fourth-order valence-electron chi connectivity index (χ4n) is 3.26. The normalized spacial score (nSPS) is 13.2. The lowest BCUT2D eigenvalue weighted by Gasteiger charge is -2.15. The van der Waals surface area contributed by atoms with Gasteiger partial charge >= 0.3 is 5.69 Å². The zero-order chi connectivity index (χ0) is 20.4. The summed E-state index contributed by atoms with van der Waals surface area (Å²) in [7, 11) is 3.06. The Bertz CT molecular complexity index is 1100. The van der Waals surface area contributed by atoms with E-state index in [1.165, 1.54) is 11.6 Å². The molecular formula is C19H26ClN5O4. The highest BCUT2D eigenvalue weighted by molar-refractivity contribution is 5.69. The first-order chi connectivity index (χ1) is 13.3. The molecule has 0 fully saturated rings. The van der Waals surface area contributed by atoms with Crippen molar-refractivity contribution >= 4 is 11.2 Å². The summed E-state index contributed by atoms with van der Waals surface area (Å²) in [4.78, 5) is 28.7. The van der Waals surface area contributed by atoms with E-state index in [9.17, 15) is 19.8 Å². The number of aryl methyl sites for hydroxylation is 2. The minimum atomic E-state index is -0.676. The molecule has 0 aliphatic heterocycles. The summed E-state index contributed by atoms with van der Waals surface area (Å²) < 4.78 is 4.23. The Morgan fingerprint density at radius 3 is 2.62 bits per heavy atom. The highest BCUT2D eigenvalue weighted by Crippen LogP contribution is 2.16. The van der Waals surface area contributed by atoms with Gasteiger partial charge in [-0.05, 0) is 24.6 Å². The highest BCUT2D eigenvalue weighted by Gasteiger charge is 2.16. The summed E-state index contributed by atoms with van der Waals surface area (Å²) in [5.74, 6) is 0.132. The van der Waals surface area contributed by atoms with Gasteiger partial charge in [0.25, 0.3) is 5.56 Å². The minimum absolute atomic E-state index is 0. The predicted molar refractivity (Wildman–Crippen MR) is 104 cm³/mol. The largest absolute Gasteiger partial charge is 1.00 e. The number of nitrogens with two attached hydrogens (primary N) is 1. The maximum absolute atomic E-state index is 12.5. The Labute approximate surface area is 173 Å². The lowest BCUT2D eigenvalue weighted by atomic mass is 10.1. The number of nitrogens with zero attached hydrogens (tertiary/aromatic N) is 4. The van der Waals surface area contributed by atoms with Crippen molar-refractivity contribution in [2.24, 2.45) is 14.1 Å². The quantitative estimate of drug-likeness (QED) is 0.360. The van der Waals surface area contributed by atoms with E-state index in [2.05, 4.69) is 4.98 Å². The molecule has 158 valence electrons. The number of hydrogen-bond donors (Lipinski definition) is 3. The average Bonchev–Trinajstić information content (AvgIpc) is 3.11. The predicted octanol–water partition coefficient (Wildman–Crippen LogP) is -3.78. The van der Waals surface area contributed by atoms with Crippen LogP contribution in [0.4, 0.5) is 0 Å². The third-order valence-electron chi connectivity index (χ3n) is 5.06. The number of aliphatic hydroxyl groups excluding tert-OH is 1. The van der Waals surface area contributed by atoms with Crippen LogP contribution in [0.3, 0.4) is 0 Å². The molecule has 4 N–H and O–H groups in total. The maximum atomic E-state index is 12.5. The molecule has 2 heterocycles. The number of aromatic hydroxyl groups is 1. The van der Waals surface area contributed by atoms with Crippen molar-refractivity contribution in [3.63, 3.8) is 0 Å². The fourth-order valence-corrected chi connectivity index (χ4v) is 3.26. The molecule has 29 heavy (non-hydrogen) atoms. The van der Waals surface area contributed by atoms with Crippen molar-refractivity contribution < 1.29 is 27.9 Å². The molecule has 0 radical (unpaired) electrons. The summed E-state index contributed by atoms with van der Waals surface area (Å²) in [6.07, 6.45) is 1.66. The lowest BCUT2D eigenvalue weighted by molar-refractivity contribution is -0.693. The van der Waals surface area contributed by atoms with E-state index in [1.807, 2.05) is 12.2 Å². The van der Waals surface area contributed by atoms with Crippen LogP contribution in [-0.2, 0) is 20.6 Å². The molecule has 1 aromatic carbocycles. The van der Waals surface area contributed by atoms with E-state index in [0.29, 0.717) is 29.8 Å². The number of aliphatic hydroxyl groups is 1. The van der Waals surface area contributed by atoms with Gasteiger partial charge in [0, 0.05) is 27.1 Å². The number of imidazole rings is 1. The second kappa shape index (κ2) is 9.25. The smallest absolute Gasteiger partial charge is 0.332 e. The Hall–Kier alpha value is -2.62. The molecule has 0 saturated carbocycles. The van der Waals surface area contributed by atoms with Gasteiger partial charge in [-0.1, -0.05) is 12.1 Å². The van der Waals surface area contributed by atoms with Gasteiger partial charge in [0.2, 0.25) is 0 Å². The number of fused-ring (bicyclic) bond motifs is 1. The van der Waals surface area contributed by atoms with Gasteiger partial charge in [-0.2, -0.15) is 0 Å². The molecule has 0 saturated heterocycles. The standard InChI is InChI=1S/C19H25N5O4.ClH/c1-12(20-10-15(26)13-5-4-6-14(25)9-13)7-8-24-11-21-17-16(24)18(27)23(3)19(28)22(17)2;/h4-6,9,11-12,15,20,25-26H,7-8,10H2,1-3H3;1H. The molecule has 0 bridgehead atoms. The zero-order valence-electron chi connectivity index (χ0n) is 16.6. The van der Waals surface area contributed by atoms with Crippen LogP contribution >= 0.6 is 0 Å². The van der Waals surface area contributed by atoms with Gasteiger partial charge in [0.05, 0.1) is 12.4 Å². The van der Waals surface area contributed by atoms with Crippen LogP contribution < -0.4 is 29.0 Å². The van der Waals surface area contributed by atoms with Crippen molar-refractivity contribution in [1.82, 2.24) is 18.7 Å². The van der Waals surface area contributed by atoms with E-state index in [-0.39, 0.29) is 29.8 Å². The van der Waals surface area contributed by atoms with Crippen molar-refractivity contribution in [2.45, 2.75) is 32.0 Å². The van der Waals surface area contributed by atoms with Gasteiger partial charge in [0.1, 0.15) is 18.4 Å². The van der Waals surface area contributed by atoms with Crippen molar-refractivity contribution in [3.8, 4) is 5.75 Å². The van der Waals surface area contributed by atoms with Crippen LogP contribution in [-0.4, -0.2) is 41.5 Å². The van der Waals surface area contributed by atoms with Gasteiger partial charge in [-0.15, -0.1) is 0 Å². The topological polar surface area (TPSA) is 119 Å². The number of aromatic nitrogens is 4. The fraction of sp³-hybridized carbons (Fsp3) is 0.421. The van der Waals surface area contributed by atoms with Crippen molar-refractivity contribution in [1.29, 1.82) is 0 Å². The minimum Gasteiger partial charge on any atom is -1.00 e. The number of halogens is 1. The van der Waals surface area contributed by atoms with E-state index in [1.54, 1.807) is 42.2 Å². The Kier molecular flexibility index (Phi) is 7.23. The Balaban J connectivity index is 0.00000300. The Morgan fingerprint density at radius 2 is 1.93 bits per heavy atom. The van der Waals surface area contributed by atoms with E-state index in [0.717, 1.165) is 11.0 Å². The summed E-state index contributed by atoms with van der Waals surface area (Å²) in [5, 5.41) is 21.8. The third kappa shape index (κ3) is 4.69. The maximum Gasteiger partial charge on any atom is 0.332 e. The zero-order valence-corrected chi connectivity index (χ0v) is 17.4. The number of rotatable bonds is 7. The molecular weight excluding hydrogens is 398 g/mol. The second-order valence-corrected chi connectivity index (χ2v) is 7.16. The first-order valence-electron chi connectivity index (χ1n) is 9.20. The van der Waals surface area contributed by atoms with Crippen LogP contribution in [0.1, 0.15) is 25.0 Å². The molecule has 0 amide bonds. The number of phenols is 1. The van der Waals surface area contributed by atoms with Crippen LogP contribution in [0.15, 0.2) is 40.2 Å². The van der Waals surface area contributed by atoms with Gasteiger partial charge in [-0.3, -0.25) is 13.9 Å². The lowest BCUT2D eigenvalue weighted by Crippen LogP contribution is -3.00. The number of hydrogen-bond acceptors (Lipinski definition) is 5. The van der Waals surface area contributed by atoms with E-state index >= 15 is 0 Å². The van der Waals surface area contributed by atoms with E-state index in [4.69, 9.17) is 0 Å². The van der Waals surface area contributed by atoms with Gasteiger partial charge in [-0.25, -0.2) is 9.78 Å².